The quantitative estimate of drug-likeness (QED) is 0.882. The molecule has 2 N–H and O–H groups in total. The van der Waals surface area contributed by atoms with Gasteiger partial charge < -0.3 is 10.6 Å². The van der Waals surface area contributed by atoms with Gasteiger partial charge in [-0.3, -0.25) is 14.5 Å². The first-order chi connectivity index (χ1) is 9.11. The van der Waals surface area contributed by atoms with E-state index < -0.39 is 0 Å². The van der Waals surface area contributed by atoms with Crippen LogP contribution in [0, 0.1) is 0 Å². The van der Waals surface area contributed by atoms with Crippen LogP contribution < -0.4 is 10.6 Å². The number of nitrogens with zero attached hydrogens (tertiary/aromatic N) is 3. The van der Waals surface area contributed by atoms with E-state index in [1.54, 1.807) is 36.4 Å². The highest BCUT2D eigenvalue weighted by atomic mass is 16.1. The Labute approximate surface area is 111 Å². The Bertz CT molecular complexity index is 576. The van der Waals surface area contributed by atoms with Crippen molar-refractivity contribution in [3.05, 3.63) is 36.4 Å². The van der Waals surface area contributed by atoms with Gasteiger partial charge in [0.15, 0.2) is 0 Å². The fraction of sp³-hybridized carbons (Fsp3) is 0.308. The summed E-state index contributed by atoms with van der Waals surface area (Å²) in [6.07, 6.45) is 6.65. The Morgan fingerprint density at radius 1 is 1.37 bits per heavy atom. The Hall–Kier alpha value is -2.37. The molecule has 0 radical (unpaired) electrons. The van der Waals surface area contributed by atoms with Crippen LogP contribution in [0.25, 0.3) is 0 Å². The molecule has 0 atom stereocenters. The lowest BCUT2D eigenvalue weighted by Crippen LogP contribution is -2.13. The minimum absolute atomic E-state index is 0.185. The van der Waals surface area contributed by atoms with Crippen molar-refractivity contribution in [2.24, 2.45) is 0 Å². The molecule has 19 heavy (non-hydrogen) atoms. The van der Waals surface area contributed by atoms with Crippen molar-refractivity contribution in [3.63, 3.8) is 0 Å². The normalized spacial score (nSPS) is 10.5. The van der Waals surface area contributed by atoms with Gasteiger partial charge in [0.05, 0.1) is 29.3 Å². The Morgan fingerprint density at radius 3 is 2.79 bits per heavy atom. The Kier molecular flexibility index (Phi) is 3.79. The number of amides is 1. The maximum absolute atomic E-state index is 12.2. The van der Waals surface area contributed by atoms with E-state index in [-0.39, 0.29) is 11.9 Å². The summed E-state index contributed by atoms with van der Waals surface area (Å²) in [5.41, 5.74) is 1.92. The Balaban J connectivity index is 2.16. The highest BCUT2D eigenvalue weighted by molar-refractivity contribution is 6.07. The summed E-state index contributed by atoms with van der Waals surface area (Å²) < 4.78 is 1.79. The molecule has 0 saturated carbocycles. The number of carbonyl (C=O) groups is 1. The Morgan fingerprint density at radius 2 is 2.16 bits per heavy atom. The first-order valence-corrected chi connectivity index (χ1v) is 6.09. The van der Waals surface area contributed by atoms with Gasteiger partial charge in [-0.25, -0.2) is 0 Å². The van der Waals surface area contributed by atoms with Crippen LogP contribution in [-0.2, 0) is 0 Å². The first-order valence-electron chi connectivity index (χ1n) is 6.09. The molecule has 2 heterocycles. The standard InChI is InChI=1S/C13H17N5O/c1-9(2)18-8-10(6-16-18)17-13(19)11-4-5-15-7-12(11)14-3/h4-9,14H,1-3H3,(H,17,19). The van der Waals surface area contributed by atoms with E-state index in [1.165, 1.54) is 0 Å². The molecule has 0 spiro atoms. The zero-order valence-corrected chi connectivity index (χ0v) is 11.2. The molecule has 0 saturated heterocycles. The predicted molar refractivity (Wildman–Crippen MR) is 74.3 cm³/mol. The second-order valence-electron chi connectivity index (χ2n) is 4.43. The molecule has 6 nitrogen and oxygen atoms in total. The van der Waals surface area contributed by atoms with Crippen molar-refractivity contribution in [1.82, 2.24) is 14.8 Å². The SMILES string of the molecule is CNc1cnccc1C(=O)Nc1cnn(C(C)C)c1. The zero-order chi connectivity index (χ0) is 13.8. The number of pyridine rings is 1. The number of rotatable bonds is 4. The number of aromatic nitrogens is 3. The van der Waals surface area contributed by atoms with E-state index in [0.29, 0.717) is 16.9 Å². The second kappa shape index (κ2) is 5.51. The van der Waals surface area contributed by atoms with Crippen molar-refractivity contribution >= 4 is 17.3 Å². The monoisotopic (exact) mass is 259 g/mol. The lowest BCUT2D eigenvalue weighted by molar-refractivity contribution is 0.102. The third kappa shape index (κ3) is 2.90. The molecule has 0 bridgehead atoms. The van der Waals surface area contributed by atoms with Crippen LogP contribution in [-0.4, -0.2) is 27.7 Å². The number of hydrogen-bond donors (Lipinski definition) is 2. The summed E-state index contributed by atoms with van der Waals surface area (Å²) >= 11 is 0. The molecule has 0 aliphatic heterocycles. The molecular formula is C13H17N5O. The smallest absolute Gasteiger partial charge is 0.257 e. The minimum atomic E-state index is -0.185. The number of anilines is 2. The molecule has 0 aliphatic carbocycles. The molecule has 0 unspecified atom stereocenters. The van der Waals surface area contributed by atoms with Gasteiger partial charge in [-0.1, -0.05) is 0 Å². The lowest BCUT2D eigenvalue weighted by Gasteiger charge is -2.08. The van der Waals surface area contributed by atoms with Crippen LogP contribution in [0.15, 0.2) is 30.9 Å². The van der Waals surface area contributed by atoms with E-state index >= 15 is 0 Å². The maximum Gasteiger partial charge on any atom is 0.257 e. The third-order valence-electron chi connectivity index (χ3n) is 2.72. The third-order valence-corrected chi connectivity index (χ3v) is 2.72. The summed E-state index contributed by atoms with van der Waals surface area (Å²) in [6.45, 7) is 4.06. The molecule has 2 aromatic rings. The van der Waals surface area contributed by atoms with Crippen LogP contribution in [0.5, 0.6) is 0 Å². The molecule has 100 valence electrons. The van der Waals surface area contributed by atoms with Crippen LogP contribution in [0.4, 0.5) is 11.4 Å². The van der Waals surface area contributed by atoms with Crippen LogP contribution in [0.1, 0.15) is 30.2 Å². The van der Waals surface area contributed by atoms with Crippen LogP contribution in [0.2, 0.25) is 0 Å². The van der Waals surface area contributed by atoms with E-state index in [9.17, 15) is 4.79 Å². The molecule has 0 aromatic carbocycles. The first kappa shape index (κ1) is 13.1. The maximum atomic E-state index is 12.2. The van der Waals surface area contributed by atoms with E-state index in [1.807, 2.05) is 20.0 Å². The van der Waals surface area contributed by atoms with Gasteiger partial charge in [0.2, 0.25) is 0 Å². The summed E-state index contributed by atoms with van der Waals surface area (Å²) in [4.78, 5) is 16.1. The largest absolute Gasteiger partial charge is 0.386 e. The summed E-state index contributed by atoms with van der Waals surface area (Å²) in [6, 6.07) is 1.94. The highest BCUT2D eigenvalue weighted by Gasteiger charge is 2.12. The van der Waals surface area contributed by atoms with E-state index in [0.717, 1.165) is 0 Å². The second-order valence-corrected chi connectivity index (χ2v) is 4.43. The average molecular weight is 259 g/mol. The van der Waals surface area contributed by atoms with Crippen molar-refractivity contribution < 1.29 is 4.79 Å². The van der Waals surface area contributed by atoms with Gasteiger partial charge >= 0.3 is 0 Å². The predicted octanol–water partition coefficient (Wildman–Crippen LogP) is 2.15. The summed E-state index contributed by atoms with van der Waals surface area (Å²) in [5, 5.41) is 9.94. The highest BCUT2D eigenvalue weighted by Crippen LogP contribution is 2.16. The fourth-order valence-electron chi connectivity index (χ4n) is 1.68. The van der Waals surface area contributed by atoms with Gasteiger partial charge in [-0.05, 0) is 19.9 Å². The summed E-state index contributed by atoms with van der Waals surface area (Å²) in [5.74, 6) is -0.185. The minimum Gasteiger partial charge on any atom is -0.386 e. The fourth-order valence-corrected chi connectivity index (χ4v) is 1.68. The van der Waals surface area contributed by atoms with Gasteiger partial charge in [-0.15, -0.1) is 0 Å². The molecule has 1 amide bonds. The van der Waals surface area contributed by atoms with Crippen LogP contribution >= 0.6 is 0 Å². The van der Waals surface area contributed by atoms with Gasteiger partial charge in [0.1, 0.15) is 0 Å². The molecule has 2 rings (SSSR count). The molecule has 0 aliphatic rings. The number of nitrogens with one attached hydrogen (secondary N) is 2. The summed E-state index contributed by atoms with van der Waals surface area (Å²) in [7, 11) is 1.75. The van der Waals surface area contributed by atoms with Gasteiger partial charge in [-0.2, -0.15) is 5.10 Å². The molecule has 6 heteroatoms. The van der Waals surface area contributed by atoms with Crippen molar-refractivity contribution in [2.75, 3.05) is 17.7 Å². The van der Waals surface area contributed by atoms with Crippen molar-refractivity contribution in [2.45, 2.75) is 19.9 Å². The van der Waals surface area contributed by atoms with Crippen molar-refractivity contribution in [3.8, 4) is 0 Å². The lowest BCUT2D eigenvalue weighted by atomic mass is 10.2. The van der Waals surface area contributed by atoms with Crippen molar-refractivity contribution in [1.29, 1.82) is 0 Å². The molecule has 2 aromatic heterocycles. The van der Waals surface area contributed by atoms with Gasteiger partial charge in [0.25, 0.3) is 5.91 Å². The van der Waals surface area contributed by atoms with Gasteiger partial charge in [0, 0.05) is 25.5 Å². The van der Waals surface area contributed by atoms with Crippen LogP contribution in [0.3, 0.4) is 0 Å². The number of hydrogen-bond acceptors (Lipinski definition) is 4. The zero-order valence-electron chi connectivity index (χ0n) is 11.2. The molecule has 0 fully saturated rings. The average Bonchev–Trinajstić information content (AvgIpc) is 2.87. The molecular weight excluding hydrogens is 242 g/mol. The van der Waals surface area contributed by atoms with E-state index in [4.69, 9.17) is 0 Å². The number of carbonyl (C=O) groups excluding carboxylic acids is 1. The topological polar surface area (TPSA) is 71.8 Å². The van der Waals surface area contributed by atoms with E-state index in [2.05, 4.69) is 20.7 Å².